The van der Waals surface area contributed by atoms with Gasteiger partial charge in [-0.05, 0) is 44.6 Å². The molecule has 1 N–H and O–H groups in total. The van der Waals surface area contributed by atoms with Crippen LogP contribution in [0, 0.1) is 19.8 Å². The van der Waals surface area contributed by atoms with Crippen LogP contribution in [-0.4, -0.2) is 21.0 Å². The van der Waals surface area contributed by atoms with Gasteiger partial charge in [0.2, 0.25) is 0 Å². The fourth-order valence-electron chi connectivity index (χ4n) is 2.23. The van der Waals surface area contributed by atoms with Gasteiger partial charge in [-0.1, -0.05) is 6.92 Å². The van der Waals surface area contributed by atoms with E-state index in [4.69, 9.17) is 0 Å². The average Bonchev–Trinajstić information content (AvgIpc) is 2.97. The molecule has 1 saturated carbocycles. The van der Waals surface area contributed by atoms with E-state index in [0.717, 1.165) is 12.1 Å². The van der Waals surface area contributed by atoms with E-state index in [1.165, 1.54) is 24.1 Å². The number of aliphatic hydroxyl groups excluding tert-OH is 1. The predicted octanol–water partition coefficient (Wildman–Crippen LogP) is 1.83. The Morgan fingerprint density at radius 2 is 2.13 bits per heavy atom. The number of rotatable bonds is 4. The molecule has 1 heterocycles. The Hall–Kier alpha value is -0.830. The van der Waals surface area contributed by atoms with Crippen LogP contribution in [0.4, 0.5) is 0 Å². The molecule has 1 aliphatic carbocycles. The summed E-state index contributed by atoms with van der Waals surface area (Å²) in [6.45, 7) is 6.96. The number of aliphatic hydroxyl groups is 1. The molecule has 84 valence electrons. The topological polar surface area (TPSA) is 38.0 Å². The van der Waals surface area contributed by atoms with Crippen LogP contribution in [0.15, 0.2) is 0 Å². The highest BCUT2D eigenvalue weighted by atomic mass is 16.3. The molecule has 15 heavy (non-hydrogen) atoms. The summed E-state index contributed by atoms with van der Waals surface area (Å²) in [6.07, 6.45) is 3.19. The molecule has 1 aliphatic rings. The van der Waals surface area contributed by atoms with Gasteiger partial charge in [-0.3, -0.25) is 4.68 Å². The van der Waals surface area contributed by atoms with Crippen molar-refractivity contribution >= 4 is 0 Å². The Balaban J connectivity index is 2.13. The van der Waals surface area contributed by atoms with Crippen molar-refractivity contribution in [1.29, 1.82) is 0 Å². The third-order valence-corrected chi connectivity index (χ3v) is 3.41. The molecule has 1 aromatic heterocycles. The Morgan fingerprint density at radius 3 is 2.60 bits per heavy atom. The van der Waals surface area contributed by atoms with E-state index in [-0.39, 0.29) is 6.10 Å². The molecule has 3 heteroatoms. The first-order chi connectivity index (χ1) is 7.13. The summed E-state index contributed by atoms with van der Waals surface area (Å²) in [5, 5.41) is 14.4. The molecule has 1 atom stereocenters. The van der Waals surface area contributed by atoms with E-state index in [1.807, 2.05) is 11.6 Å². The Labute approximate surface area is 91.1 Å². The first kappa shape index (κ1) is 10.7. The summed E-state index contributed by atoms with van der Waals surface area (Å²) in [5.41, 5.74) is 3.66. The molecule has 0 saturated heterocycles. The van der Waals surface area contributed by atoms with Gasteiger partial charge in [0.25, 0.3) is 0 Å². The summed E-state index contributed by atoms with van der Waals surface area (Å²) >= 11 is 0. The van der Waals surface area contributed by atoms with Crippen molar-refractivity contribution in [2.75, 3.05) is 0 Å². The molecule has 0 radical (unpaired) electrons. The van der Waals surface area contributed by atoms with Crippen LogP contribution in [0.5, 0.6) is 0 Å². The molecular formula is C12H20N2O. The molecular weight excluding hydrogens is 188 g/mol. The highest BCUT2D eigenvalue weighted by molar-refractivity contribution is 5.24. The molecule has 1 unspecified atom stereocenters. The van der Waals surface area contributed by atoms with Crippen molar-refractivity contribution in [1.82, 2.24) is 9.78 Å². The van der Waals surface area contributed by atoms with Crippen molar-refractivity contribution in [3.05, 3.63) is 17.0 Å². The summed E-state index contributed by atoms with van der Waals surface area (Å²) in [7, 11) is 0. The van der Waals surface area contributed by atoms with E-state index >= 15 is 0 Å². The quantitative estimate of drug-likeness (QED) is 0.819. The summed E-state index contributed by atoms with van der Waals surface area (Å²) in [6, 6.07) is 0. The van der Waals surface area contributed by atoms with Crippen LogP contribution < -0.4 is 0 Å². The van der Waals surface area contributed by atoms with Crippen molar-refractivity contribution in [3.63, 3.8) is 0 Å². The number of aryl methyl sites for hydroxylation is 1. The van der Waals surface area contributed by atoms with Crippen LogP contribution >= 0.6 is 0 Å². The average molecular weight is 208 g/mol. The number of aromatic nitrogens is 2. The standard InChI is InChI=1S/C12H20N2O/c1-4-11-8(2)13-14(9(11)3)7-12(15)10-5-6-10/h10,12,15H,4-7H2,1-3H3. The third-order valence-electron chi connectivity index (χ3n) is 3.41. The van der Waals surface area contributed by atoms with Gasteiger partial charge in [0.1, 0.15) is 0 Å². The van der Waals surface area contributed by atoms with Gasteiger partial charge in [-0.15, -0.1) is 0 Å². The zero-order valence-electron chi connectivity index (χ0n) is 9.82. The van der Waals surface area contributed by atoms with Crippen LogP contribution in [0.3, 0.4) is 0 Å². The Morgan fingerprint density at radius 1 is 1.47 bits per heavy atom. The summed E-state index contributed by atoms with van der Waals surface area (Å²) < 4.78 is 1.97. The molecule has 1 aromatic rings. The van der Waals surface area contributed by atoms with E-state index in [2.05, 4.69) is 18.9 Å². The smallest absolute Gasteiger partial charge is 0.0764 e. The predicted molar refractivity (Wildman–Crippen MR) is 59.8 cm³/mol. The lowest BCUT2D eigenvalue weighted by Gasteiger charge is -2.10. The minimum absolute atomic E-state index is 0.201. The van der Waals surface area contributed by atoms with Gasteiger partial charge < -0.3 is 5.11 Å². The third kappa shape index (κ3) is 2.07. The van der Waals surface area contributed by atoms with Gasteiger partial charge in [0.15, 0.2) is 0 Å². The van der Waals surface area contributed by atoms with E-state index in [9.17, 15) is 5.11 Å². The molecule has 0 spiro atoms. The van der Waals surface area contributed by atoms with Crippen molar-refractivity contribution in [2.24, 2.45) is 5.92 Å². The number of hydrogen-bond acceptors (Lipinski definition) is 2. The molecule has 0 aliphatic heterocycles. The lowest BCUT2D eigenvalue weighted by molar-refractivity contribution is 0.126. The van der Waals surface area contributed by atoms with Crippen molar-refractivity contribution in [3.8, 4) is 0 Å². The lowest BCUT2D eigenvalue weighted by atomic mass is 10.1. The second kappa shape index (κ2) is 3.97. The highest BCUT2D eigenvalue weighted by Crippen LogP contribution is 2.33. The first-order valence-electron chi connectivity index (χ1n) is 5.84. The monoisotopic (exact) mass is 208 g/mol. The second-order valence-corrected chi connectivity index (χ2v) is 4.59. The fourth-order valence-corrected chi connectivity index (χ4v) is 2.23. The normalized spacial score (nSPS) is 18.1. The van der Waals surface area contributed by atoms with Gasteiger partial charge in [0.05, 0.1) is 18.3 Å². The van der Waals surface area contributed by atoms with Crippen LogP contribution in [-0.2, 0) is 13.0 Å². The van der Waals surface area contributed by atoms with Gasteiger partial charge in [0, 0.05) is 5.69 Å². The number of nitrogens with zero attached hydrogens (tertiary/aromatic N) is 2. The minimum Gasteiger partial charge on any atom is -0.391 e. The molecule has 0 amide bonds. The molecule has 0 bridgehead atoms. The van der Waals surface area contributed by atoms with E-state index < -0.39 is 0 Å². The van der Waals surface area contributed by atoms with Crippen LogP contribution in [0.1, 0.15) is 36.7 Å². The fraction of sp³-hybridized carbons (Fsp3) is 0.750. The maximum Gasteiger partial charge on any atom is 0.0764 e. The maximum absolute atomic E-state index is 9.88. The Bertz CT molecular complexity index is 353. The van der Waals surface area contributed by atoms with E-state index in [1.54, 1.807) is 0 Å². The van der Waals surface area contributed by atoms with Gasteiger partial charge >= 0.3 is 0 Å². The van der Waals surface area contributed by atoms with Crippen molar-refractivity contribution in [2.45, 2.75) is 52.7 Å². The van der Waals surface area contributed by atoms with Gasteiger partial charge in [-0.2, -0.15) is 5.10 Å². The molecule has 2 rings (SSSR count). The van der Waals surface area contributed by atoms with Gasteiger partial charge in [-0.25, -0.2) is 0 Å². The molecule has 3 nitrogen and oxygen atoms in total. The maximum atomic E-state index is 9.88. The zero-order chi connectivity index (χ0) is 11.0. The Kier molecular flexibility index (Phi) is 2.83. The largest absolute Gasteiger partial charge is 0.391 e. The lowest BCUT2D eigenvalue weighted by Crippen LogP contribution is -2.19. The zero-order valence-corrected chi connectivity index (χ0v) is 9.82. The van der Waals surface area contributed by atoms with Crippen LogP contribution in [0.2, 0.25) is 0 Å². The molecule has 1 fully saturated rings. The second-order valence-electron chi connectivity index (χ2n) is 4.59. The van der Waals surface area contributed by atoms with Crippen LogP contribution in [0.25, 0.3) is 0 Å². The highest BCUT2D eigenvalue weighted by Gasteiger charge is 2.30. The van der Waals surface area contributed by atoms with Crippen molar-refractivity contribution < 1.29 is 5.11 Å². The number of hydrogen-bond donors (Lipinski definition) is 1. The summed E-state index contributed by atoms with van der Waals surface area (Å²) in [4.78, 5) is 0. The first-order valence-corrected chi connectivity index (χ1v) is 5.84. The van der Waals surface area contributed by atoms with E-state index in [0.29, 0.717) is 12.5 Å². The summed E-state index contributed by atoms with van der Waals surface area (Å²) in [5.74, 6) is 0.527. The SMILES string of the molecule is CCc1c(C)nn(CC(O)C2CC2)c1C. The minimum atomic E-state index is -0.201. The molecule has 0 aromatic carbocycles.